The van der Waals surface area contributed by atoms with E-state index in [1.165, 1.54) is 19.6 Å². The first-order chi connectivity index (χ1) is 21.8. The molecule has 10 nitrogen and oxygen atoms in total. The summed E-state index contributed by atoms with van der Waals surface area (Å²) in [5, 5.41) is 0. The molecule has 242 valence electrons. The molecule has 0 bridgehead atoms. The minimum absolute atomic E-state index is 0.244. The first-order valence-electron chi connectivity index (χ1n) is 14.8. The molecular weight excluding hydrogens is 584 g/mol. The van der Waals surface area contributed by atoms with Crippen LogP contribution in [0.4, 0.5) is 32.3 Å². The Morgan fingerprint density at radius 3 is 1.20 bits per heavy atom. The minimum atomic E-state index is -0.417. The first-order valence-corrected chi connectivity index (χ1v) is 14.8. The van der Waals surface area contributed by atoms with Crippen LogP contribution in [-0.4, -0.2) is 65.4 Å². The van der Waals surface area contributed by atoms with Crippen molar-refractivity contribution in [2.24, 2.45) is 0 Å². The molecule has 0 aliphatic rings. The number of rotatable bonds is 12. The number of ether oxygens (including phenoxy) is 2. The molecule has 46 heavy (non-hydrogen) atoms. The predicted molar refractivity (Wildman–Crippen MR) is 183 cm³/mol. The Balaban J connectivity index is 1.60. The van der Waals surface area contributed by atoms with Crippen LogP contribution in [0.1, 0.15) is 25.0 Å². The average Bonchev–Trinajstić information content (AvgIpc) is 3.06. The number of carbonyl (C=O) groups excluding carboxylic acids is 4. The van der Waals surface area contributed by atoms with Gasteiger partial charge in [0, 0.05) is 74.9 Å². The Kier molecular flexibility index (Phi) is 12.3. The van der Waals surface area contributed by atoms with E-state index in [-0.39, 0.29) is 25.3 Å². The molecule has 0 saturated carbocycles. The molecular formula is C36H42N4O6. The van der Waals surface area contributed by atoms with Crippen LogP contribution in [0.3, 0.4) is 0 Å². The number of amides is 4. The van der Waals surface area contributed by atoms with Crippen LogP contribution in [0.5, 0.6) is 0 Å². The molecule has 3 rings (SSSR count). The highest BCUT2D eigenvalue weighted by molar-refractivity contribution is 6.05. The van der Waals surface area contributed by atoms with E-state index >= 15 is 0 Å². The zero-order chi connectivity index (χ0) is 34.0. The largest absolute Gasteiger partial charge is 0.462 e. The molecule has 0 N–H and O–H groups in total. The van der Waals surface area contributed by atoms with Gasteiger partial charge in [-0.15, -0.1) is 0 Å². The molecule has 10 heteroatoms. The maximum Gasteiger partial charge on any atom is 0.333 e. The second-order valence-corrected chi connectivity index (χ2v) is 11.0. The number of esters is 2. The number of benzene rings is 3. The Morgan fingerprint density at radius 2 is 0.870 bits per heavy atom. The summed E-state index contributed by atoms with van der Waals surface area (Å²) in [4.78, 5) is 56.0. The summed E-state index contributed by atoms with van der Waals surface area (Å²) in [6.45, 7) is 10.8. The topological polar surface area (TPSA) is 99.7 Å². The van der Waals surface area contributed by atoms with Gasteiger partial charge >= 0.3 is 24.0 Å². The summed E-state index contributed by atoms with van der Waals surface area (Å²) in [7, 11) is 6.74. The lowest BCUT2D eigenvalue weighted by atomic mass is 10.1. The third-order valence-corrected chi connectivity index (χ3v) is 7.34. The fraction of sp³-hybridized carbons (Fsp3) is 0.278. The first kappa shape index (κ1) is 35.1. The van der Waals surface area contributed by atoms with Gasteiger partial charge in [-0.3, -0.25) is 19.6 Å². The highest BCUT2D eigenvalue weighted by atomic mass is 16.5. The predicted octanol–water partition coefficient (Wildman–Crippen LogP) is 6.40. The summed E-state index contributed by atoms with van der Waals surface area (Å²) >= 11 is 0. The maximum atomic E-state index is 13.4. The summed E-state index contributed by atoms with van der Waals surface area (Å²) in [6.07, 6.45) is 1.09. The lowest BCUT2D eigenvalue weighted by molar-refractivity contribution is -0.139. The van der Waals surface area contributed by atoms with Crippen LogP contribution >= 0.6 is 0 Å². The molecule has 0 atom stereocenters. The van der Waals surface area contributed by atoms with Gasteiger partial charge < -0.3 is 9.47 Å². The Labute approximate surface area is 271 Å². The van der Waals surface area contributed by atoms with Crippen molar-refractivity contribution < 1.29 is 28.7 Å². The van der Waals surface area contributed by atoms with Crippen molar-refractivity contribution in [2.75, 3.05) is 61.0 Å². The summed E-state index contributed by atoms with van der Waals surface area (Å²) in [5.41, 5.74) is 5.28. The van der Waals surface area contributed by atoms with E-state index in [1.807, 2.05) is 48.5 Å². The second-order valence-electron chi connectivity index (χ2n) is 11.0. The molecule has 0 aromatic heterocycles. The molecule has 0 heterocycles. The van der Waals surface area contributed by atoms with E-state index in [1.54, 1.807) is 66.3 Å². The van der Waals surface area contributed by atoms with Gasteiger partial charge in [0.15, 0.2) is 0 Å². The molecule has 0 unspecified atom stereocenters. The molecule has 4 amide bonds. The van der Waals surface area contributed by atoms with E-state index in [0.29, 0.717) is 46.7 Å². The lowest BCUT2D eigenvalue weighted by Crippen LogP contribution is -2.40. The van der Waals surface area contributed by atoms with Crippen molar-refractivity contribution in [3.8, 4) is 0 Å². The number of carbonyl (C=O) groups is 4. The van der Waals surface area contributed by atoms with Gasteiger partial charge in [0.25, 0.3) is 0 Å². The van der Waals surface area contributed by atoms with Crippen molar-refractivity contribution in [3.05, 3.63) is 108 Å². The Morgan fingerprint density at radius 1 is 0.543 bits per heavy atom. The van der Waals surface area contributed by atoms with Gasteiger partial charge in [-0.2, -0.15) is 0 Å². The zero-order valence-electron chi connectivity index (χ0n) is 27.4. The van der Waals surface area contributed by atoms with Crippen molar-refractivity contribution in [1.82, 2.24) is 0 Å². The van der Waals surface area contributed by atoms with Gasteiger partial charge in [-0.05, 0) is 67.4 Å². The number of urea groups is 2. The third-order valence-electron chi connectivity index (χ3n) is 7.34. The summed E-state index contributed by atoms with van der Waals surface area (Å²) < 4.78 is 10.3. The van der Waals surface area contributed by atoms with Gasteiger partial charge in [0.05, 0.1) is 13.2 Å². The summed E-state index contributed by atoms with van der Waals surface area (Å²) in [5.74, 6) is -0.833. The van der Waals surface area contributed by atoms with E-state index in [4.69, 9.17) is 9.47 Å². The molecule has 0 aliphatic carbocycles. The minimum Gasteiger partial charge on any atom is -0.462 e. The molecule has 0 spiro atoms. The van der Waals surface area contributed by atoms with Crippen molar-refractivity contribution in [1.29, 1.82) is 0 Å². The van der Waals surface area contributed by atoms with Crippen LogP contribution < -0.4 is 19.6 Å². The molecule has 3 aromatic carbocycles. The van der Waals surface area contributed by atoms with Gasteiger partial charge in [0.2, 0.25) is 0 Å². The third kappa shape index (κ3) is 9.31. The maximum absolute atomic E-state index is 13.4. The van der Waals surface area contributed by atoms with E-state index in [9.17, 15) is 19.2 Å². The lowest BCUT2D eigenvalue weighted by Gasteiger charge is -2.28. The highest BCUT2D eigenvalue weighted by Crippen LogP contribution is 2.25. The van der Waals surface area contributed by atoms with E-state index in [2.05, 4.69) is 13.2 Å². The van der Waals surface area contributed by atoms with E-state index in [0.717, 1.165) is 11.1 Å². The normalized spacial score (nSPS) is 10.4. The second kappa shape index (κ2) is 16.1. The van der Waals surface area contributed by atoms with Gasteiger partial charge in [-0.25, -0.2) is 19.2 Å². The van der Waals surface area contributed by atoms with Crippen LogP contribution in [0, 0.1) is 0 Å². The van der Waals surface area contributed by atoms with Crippen LogP contribution in [0.15, 0.2) is 97.1 Å². The van der Waals surface area contributed by atoms with Crippen molar-refractivity contribution in [3.63, 3.8) is 0 Å². The fourth-order valence-corrected chi connectivity index (χ4v) is 4.34. The highest BCUT2D eigenvalue weighted by Gasteiger charge is 2.21. The number of anilines is 4. The standard InChI is InChI=1S/C36H42N4O6/c1-25(2)33(41)45-22-20-27-12-16-29(17-13-27)37(5)35(43)39(7)31-10-9-11-32(24-31)40(8)36(44)38(6)30-18-14-28(15-19-30)21-23-46-34(42)26(3)4/h9-19,24H,1,3,20-23H2,2,4-8H3. The Hall–Kier alpha value is -5.38. The molecule has 0 saturated heterocycles. The fourth-order valence-electron chi connectivity index (χ4n) is 4.34. The number of nitrogens with zero attached hydrogens (tertiary/aromatic N) is 4. The smallest absolute Gasteiger partial charge is 0.333 e. The monoisotopic (exact) mass is 626 g/mol. The van der Waals surface area contributed by atoms with Crippen LogP contribution in [0.25, 0.3) is 0 Å². The number of hydrogen-bond acceptors (Lipinski definition) is 6. The number of hydrogen-bond donors (Lipinski definition) is 0. The molecule has 3 aromatic rings. The van der Waals surface area contributed by atoms with E-state index < -0.39 is 11.9 Å². The average molecular weight is 627 g/mol. The van der Waals surface area contributed by atoms with Crippen molar-refractivity contribution in [2.45, 2.75) is 26.7 Å². The SMILES string of the molecule is C=C(C)C(=O)OCCc1ccc(N(C)C(=O)N(C)c2cccc(N(C)C(=O)N(C)c3ccc(CCOC(=O)C(=C)C)cc3)c2)cc1. The molecule has 0 radical (unpaired) electrons. The van der Waals surface area contributed by atoms with Gasteiger partial charge in [-0.1, -0.05) is 43.5 Å². The van der Waals surface area contributed by atoms with Crippen molar-refractivity contribution >= 4 is 46.8 Å². The van der Waals surface area contributed by atoms with Crippen LogP contribution in [-0.2, 0) is 31.9 Å². The van der Waals surface area contributed by atoms with Crippen LogP contribution in [0.2, 0.25) is 0 Å². The molecule has 0 aliphatic heterocycles. The zero-order valence-corrected chi connectivity index (χ0v) is 27.4. The van der Waals surface area contributed by atoms with Gasteiger partial charge in [0.1, 0.15) is 0 Å². The molecule has 0 fully saturated rings. The quantitative estimate of drug-likeness (QED) is 0.171. The Bertz CT molecular complexity index is 1470. The summed E-state index contributed by atoms with van der Waals surface area (Å²) in [6, 6.07) is 21.6.